The number of ether oxygens (including phenoxy) is 1. The van der Waals surface area contributed by atoms with E-state index in [4.69, 9.17) is 4.74 Å². The van der Waals surface area contributed by atoms with E-state index in [-0.39, 0.29) is 23.8 Å². The Balaban J connectivity index is 2.25. The summed E-state index contributed by atoms with van der Waals surface area (Å²) < 4.78 is 5.48. The van der Waals surface area contributed by atoms with Crippen LogP contribution in [0, 0.1) is 11.8 Å². The van der Waals surface area contributed by atoms with Crippen LogP contribution in [0.3, 0.4) is 0 Å². The Morgan fingerprint density at radius 2 is 1.77 bits per heavy atom. The number of likely N-dealkylation sites (tertiary alicyclic amines) is 1. The molecule has 0 radical (unpaired) electrons. The maximum Gasteiger partial charge on any atom is 0.410 e. The third-order valence-corrected chi connectivity index (χ3v) is 5.05. The van der Waals surface area contributed by atoms with Gasteiger partial charge in [0.15, 0.2) is 0 Å². The van der Waals surface area contributed by atoms with Crippen LogP contribution >= 0.6 is 0 Å². The van der Waals surface area contributed by atoms with Crippen molar-refractivity contribution in [3.05, 3.63) is 35.9 Å². The van der Waals surface area contributed by atoms with Crippen LogP contribution in [-0.4, -0.2) is 47.0 Å². The first-order valence-corrected chi connectivity index (χ1v) is 9.34. The van der Waals surface area contributed by atoms with Crippen LogP contribution < -0.4 is 0 Å². The van der Waals surface area contributed by atoms with Gasteiger partial charge in [-0.1, -0.05) is 44.2 Å². The van der Waals surface area contributed by atoms with E-state index < -0.39 is 17.7 Å². The molecule has 1 heterocycles. The third-order valence-electron chi connectivity index (χ3n) is 5.05. The molecule has 2 rings (SSSR count). The van der Waals surface area contributed by atoms with Crippen LogP contribution in [0.4, 0.5) is 4.79 Å². The van der Waals surface area contributed by atoms with Crippen molar-refractivity contribution in [3.8, 4) is 0 Å². The van der Waals surface area contributed by atoms with E-state index in [2.05, 4.69) is 13.8 Å². The molecule has 3 atom stereocenters. The lowest BCUT2D eigenvalue weighted by molar-refractivity contribution is -0.133. The summed E-state index contributed by atoms with van der Waals surface area (Å²) in [7, 11) is 1.67. The molecule has 0 spiro atoms. The molecule has 0 unspecified atom stereocenters. The number of carbonyl (C=O) groups excluding carboxylic acids is 2. The standard InChI is InChI=1S/C21H32N2O3/c1-14(2)17-13-23(15(3)16-11-9-8-10-12-16)19(24)18(17)22(7)20(25)26-21(4,5)6/h8-12,14-15,17-18H,13H2,1-7H3/t15-,17+,18-/m0/s1. The number of nitrogens with zero attached hydrogens (tertiary/aromatic N) is 2. The fraction of sp³-hybridized carbons (Fsp3) is 0.619. The zero-order valence-corrected chi connectivity index (χ0v) is 17.0. The third kappa shape index (κ3) is 4.37. The minimum absolute atomic E-state index is 0.00610. The van der Waals surface area contributed by atoms with E-state index in [0.29, 0.717) is 6.54 Å². The van der Waals surface area contributed by atoms with Gasteiger partial charge in [0.25, 0.3) is 0 Å². The van der Waals surface area contributed by atoms with Crippen LogP contribution in [0.15, 0.2) is 30.3 Å². The fourth-order valence-corrected chi connectivity index (χ4v) is 3.51. The molecule has 5 nitrogen and oxygen atoms in total. The van der Waals surface area contributed by atoms with E-state index in [9.17, 15) is 9.59 Å². The van der Waals surface area contributed by atoms with E-state index in [0.717, 1.165) is 5.56 Å². The lowest BCUT2D eigenvalue weighted by atomic mass is 9.90. The van der Waals surface area contributed by atoms with E-state index >= 15 is 0 Å². The van der Waals surface area contributed by atoms with Gasteiger partial charge in [-0.25, -0.2) is 4.79 Å². The lowest BCUT2D eigenvalue weighted by Gasteiger charge is -2.31. The zero-order chi connectivity index (χ0) is 19.6. The van der Waals surface area contributed by atoms with Crippen LogP contribution in [0.25, 0.3) is 0 Å². The highest BCUT2D eigenvalue weighted by Crippen LogP contribution is 2.34. The van der Waals surface area contributed by atoms with Crippen molar-refractivity contribution in [2.75, 3.05) is 13.6 Å². The second-order valence-electron chi connectivity index (χ2n) is 8.52. The Hall–Kier alpha value is -2.04. The number of carbonyl (C=O) groups is 2. The molecule has 1 aromatic carbocycles. The summed E-state index contributed by atoms with van der Waals surface area (Å²) in [5.41, 5.74) is 0.515. The van der Waals surface area contributed by atoms with Gasteiger partial charge >= 0.3 is 6.09 Å². The van der Waals surface area contributed by atoms with Crippen molar-refractivity contribution >= 4 is 12.0 Å². The van der Waals surface area contributed by atoms with Crippen molar-refractivity contribution in [2.24, 2.45) is 11.8 Å². The van der Waals surface area contributed by atoms with Gasteiger partial charge in [0, 0.05) is 19.5 Å². The first-order chi connectivity index (χ1) is 12.0. The van der Waals surface area contributed by atoms with Crippen LogP contribution in [0.5, 0.6) is 0 Å². The molecule has 2 amide bonds. The van der Waals surface area contributed by atoms with Gasteiger partial charge in [-0.05, 0) is 39.2 Å². The summed E-state index contributed by atoms with van der Waals surface area (Å²) in [6, 6.07) is 9.49. The molecular weight excluding hydrogens is 328 g/mol. The summed E-state index contributed by atoms with van der Waals surface area (Å²) in [6.07, 6.45) is -0.448. The number of likely N-dealkylation sites (N-methyl/N-ethyl adjacent to an activating group) is 1. The highest BCUT2D eigenvalue weighted by atomic mass is 16.6. The second-order valence-corrected chi connectivity index (χ2v) is 8.52. The van der Waals surface area contributed by atoms with Crippen LogP contribution in [0.1, 0.15) is 53.1 Å². The molecule has 0 saturated carbocycles. The van der Waals surface area contributed by atoms with Crippen molar-refractivity contribution < 1.29 is 14.3 Å². The average molecular weight is 360 g/mol. The molecule has 5 heteroatoms. The SMILES string of the molecule is CC(C)[C@H]1CN([C@@H](C)c2ccccc2)C(=O)[C@H]1N(C)C(=O)OC(C)(C)C. The molecule has 0 aromatic heterocycles. The highest BCUT2D eigenvalue weighted by molar-refractivity contribution is 5.88. The first-order valence-electron chi connectivity index (χ1n) is 9.34. The topological polar surface area (TPSA) is 49.9 Å². The van der Waals surface area contributed by atoms with Crippen LogP contribution in [0.2, 0.25) is 0 Å². The molecule has 1 aromatic rings. The van der Waals surface area contributed by atoms with Gasteiger partial charge in [-0.3, -0.25) is 9.69 Å². The van der Waals surface area contributed by atoms with E-state index in [1.807, 2.05) is 62.9 Å². The van der Waals surface area contributed by atoms with E-state index in [1.165, 1.54) is 4.90 Å². The molecule has 1 aliphatic rings. The highest BCUT2D eigenvalue weighted by Gasteiger charge is 2.47. The van der Waals surface area contributed by atoms with Crippen LogP contribution in [-0.2, 0) is 9.53 Å². The normalized spacial score (nSPS) is 21.8. The number of rotatable bonds is 4. The minimum Gasteiger partial charge on any atom is -0.444 e. The van der Waals surface area contributed by atoms with Gasteiger partial charge in [-0.2, -0.15) is 0 Å². The molecule has 1 fully saturated rings. The minimum atomic E-state index is -0.586. The van der Waals surface area contributed by atoms with Gasteiger partial charge in [0.1, 0.15) is 11.6 Å². The van der Waals surface area contributed by atoms with Gasteiger partial charge in [0.05, 0.1) is 6.04 Å². The summed E-state index contributed by atoms with van der Waals surface area (Å²) in [5, 5.41) is 0. The lowest BCUT2D eigenvalue weighted by Crippen LogP contribution is -2.48. The van der Waals surface area contributed by atoms with Crippen molar-refractivity contribution in [1.29, 1.82) is 0 Å². The number of hydrogen-bond donors (Lipinski definition) is 0. The maximum absolute atomic E-state index is 13.2. The van der Waals surface area contributed by atoms with Crippen molar-refractivity contribution in [3.63, 3.8) is 0 Å². The zero-order valence-electron chi connectivity index (χ0n) is 17.0. The summed E-state index contributed by atoms with van der Waals surface area (Å²) in [6.45, 7) is 12.4. The predicted molar refractivity (Wildman–Crippen MR) is 103 cm³/mol. The molecule has 0 N–H and O–H groups in total. The molecule has 1 aliphatic heterocycles. The molecule has 144 valence electrons. The number of benzene rings is 1. The van der Waals surface area contributed by atoms with Gasteiger partial charge in [0.2, 0.25) is 5.91 Å². The Labute approximate surface area is 157 Å². The monoisotopic (exact) mass is 360 g/mol. The maximum atomic E-state index is 13.2. The summed E-state index contributed by atoms with van der Waals surface area (Å²) in [5.74, 6) is 0.349. The summed E-state index contributed by atoms with van der Waals surface area (Å²) >= 11 is 0. The second kappa shape index (κ2) is 7.68. The van der Waals surface area contributed by atoms with E-state index in [1.54, 1.807) is 7.05 Å². The number of hydrogen-bond acceptors (Lipinski definition) is 3. The first kappa shape index (κ1) is 20.3. The van der Waals surface area contributed by atoms with Gasteiger partial charge in [-0.15, -0.1) is 0 Å². The smallest absolute Gasteiger partial charge is 0.410 e. The van der Waals surface area contributed by atoms with Crippen molar-refractivity contribution in [1.82, 2.24) is 9.80 Å². The molecule has 1 saturated heterocycles. The number of amides is 2. The Bertz CT molecular complexity index is 636. The quantitative estimate of drug-likeness (QED) is 0.812. The summed E-state index contributed by atoms with van der Waals surface area (Å²) in [4.78, 5) is 29.1. The fourth-order valence-electron chi connectivity index (χ4n) is 3.51. The Morgan fingerprint density at radius 1 is 1.19 bits per heavy atom. The molecule has 0 aliphatic carbocycles. The molecule has 26 heavy (non-hydrogen) atoms. The largest absolute Gasteiger partial charge is 0.444 e. The Morgan fingerprint density at radius 3 is 2.27 bits per heavy atom. The average Bonchev–Trinajstić information content (AvgIpc) is 2.90. The van der Waals surface area contributed by atoms with Gasteiger partial charge < -0.3 is 9.64 Å². The predicted octanol–water partition coefficient (Wildman–Crippen LogP) is 4.10. The van der Waals surface area contributed by atoms with Crippen molar-refractivity contribution in [2.45, 2.75) is 59.2 Å². The Kier molecular flexibility index (Phi) is 5.99. The molecule has 0 bridgehead atoms. The molecular formula is C21H32N2O3.